The summed E-state index contributed by atoms with van der Waals surface area (Å²) in [5.74, 6) is -1.81. The number of phenolic OH excluding ortho intramolecular Hbond substituents is 2. The predicted octanol–water partition coefficient (Wildman–Crippen LogP) is 2.42. The zero-order valence-electron chi connectivity index (χ0n) is 17.0. The Labute approximate surface area is 187 Å². The summed E-state index contributed by atoms with van der Waals surface area (Å²) in [6.45, 7) is 0.489. The number of aliphatic hydroxyl groups is 1. The third-order valence-electron chi connectivity index (χ3n) is 5.97. The highest BCUT2D eigenvalue weighted by Gasteiger charge is 2.36. The van der Waals surface area contributed by atoms with Gasteiger partial charge in [0.25, 0.3) is 5.91 Å². The van der Waals surface area contributed by atoms with E-state index in [2.05, 4.69) is 0 Å². The van der Waals surface area contributed by atoms with Gasteiger partial charge >= 0.3 is 0 Å². The van der Waals surface area contributed by atoms with E-state index in [1.165, 1.54) is 23.7 Å². The third kappa shape index (κ3) is 3.59. The van der Waals surface area contributed by atoms with E-state index in [-0.39, 0.29) is 57.2 Å². The van der Waals surface area contributed by atoms with E-state index in [1.54, 1.807) is 0 Å². The Morgan fingerprint density at radius 2 is 2.00 bits per heavy atom. The molecule has 2 heterocycles. The van der Waals surface area contributed by atoms with E-state index < -0.39 is 17.1 Å². The van der Waals surface area contributed by atoms with Crippen LogP contribution in [0.25, 0.3) is 22.3 Å². The molecule has 168 valence electrons. The topological polar surface area (TPSA) is 143 Å². The smallest absolute Gasteiger partial charge is 0.274 e. The number of nitrogens with zero attached hydrogens (tertiary/aromatic N) is 1. The molecular weight excluding hydrogens is 440 g/mol. The average molecular weight is 461 g/mol. The summed E-state index contributed by atoms with van der Waals surface area (Å²) in [4.78, 5) is 26.7. The summed E-state index contributed by atoms with van der Waals surface area (Å²) in [6, 6.07) is 6.07. The number of rotatable bonds is 4. The molecule has 5 N–H and O–H groups in total. The summed E-state index contributed by atoms with van der Waals surface area (Å²) < 4.78 is 6.01. The van der Waals surface area contributed by atoms with Crippen molar-refractivity contribution in [1.29, 1.82) is 0 Å². The number of carbonyl (C=O) groups excluding carboxylic acids is 1. The number of hydrogen-bond acceptors (Lipinski definition) is 8. The van der Waals surface area contributed by atoms with Crippen molar-refractivity contribution in [2.75, 3.05) is 20.2 Å². The molecule has 0 unspecified atom stereocenters. The van der Waals surface area contributed by atoms with Crippen molar-refractivity contribution in [2.24, 2.45) is 0 Å². The van der Waals surface area contributed by atoms with E-state index in [0.717, 1.165) is 12.1 Å². The van der Waals surface area contributed by atoms with Crippen LogP contribution in [0.2, 0.25) is 5.02 Å². The second-order valence-electron chi connectivity index (χ2n) is 7.77. The Bertz CT molecular complexity index is 1270. The monoisotopic (exact) mass is 460 g/mol. The van der Waals surface area contributed by atoms with Gasteiger partial charge in [0.15, 0.2) is 5.43 Å². The number of likely N-dealkylation sites (N-methyl/N-ethyl adjacent to an activating group) is 1. The molecule has 1 fully saturated rings. The molecule has 1 aliphatic heterocycles. The number of aromatic hydroxyl groups is 2. The zero-order chi connectivity index (χ0) is 23.2. The maximum Gasteiger partial charge on any atom is 0.274 e. The number of benzene rings is 2. The molecule has 0 saturated carbocycles. The van der Waals surface area contributed by atoms with Crippen molar-refractivity contribution in [1.82, 2.24) is 10.4 Å². The van der Waals surface area contributed by atoms with Crippen LogP contribution in [0.15, 0.2) is 39.5 Å². The van der Waals surface area contributed by atoms with Crippen LogP contribution in [0.1, 0.15) is 28.3 Å². The molecule has 32 heavy (non-hydrogen) atoms. The molecule has 3 aromatic rings. The van der Waals surface area contributed by atoms with Gasteiger partial charge in [0, 0.05) is 40.8 Å². The first-order chi connectivity index (χ1) is 15.3. The molecule has 0 bridgehead atoms. The fourth-order valence-electron chi connectivity index (χ4n) is 4.34. The number of aliphatic hydroxyl groups excluding tert-OH is 1. The molecular formula is C22H21ClN2O7. The quantitative estimate of drug-likeness (QED) is 0.295. The van der Waals surface area contributed by atoms with Gasteiger partial charge < -0.3 is 24.6 Å². The van der Waals surface area contributed by atoms with Crippen molar-refractivity contribution in [3.05, 3.63) is 56.7 Å². The van der Waals surface area contributed by atoms with Crippen molar-refractivity contribution in [3.63, 3.8) is 0 Å². The van der Waals surface area contributed by atoms with Gasteiger partial charge in [-0.25, -0.2) is 5.48 Å². The Hall–Kier alpha value is -3.11. The average Bonchev–Trinajstić information content (AvgIpc) is 3.12. The van der Waals surface area contributed by atoms with Crippen molar-refractivity contribution >= 4 is 28.5 Å². The van der Waals surface area contributed by atoms with E-state index in [9.17, 15) is 24.9 Å². The second-order valence-corrected chi connectivity index (χ2v) is 8.18. The number of nitrogens with one attached hydrogen (secondary N) is 1. The lowest BCUT2D eigenvalue weighted by molar-refractivity contribution is 0.0706. The zero-order valence-corrected chi connectivity index (χ0v) is 17.8. The summed E-state index contributed by atoms with van der Waals surface area (Å²) in [6.07, 6.45) is 0.593. The molecule has 4 rings (SSSR count). The van der Waals surface area contributed by atoms with Gasteiger partial charge in [-0.05, 0) is 38.2 Å². The maximum atomic E-state index is 12.9. The predicted molar refractivity (Wildman–Crippen MR) is 116 cm³/mol. The number of fused-ring (bicyclic) bond motifs is 1. The van der Waals surface area contributed by atoms with Gasteiger partial charge in [0.05, 0.1) is 11.6 Å². The van der Waals surface area contributed by atoms with Gasteiger partial charge in [0.2, 0.25) is 0 Å². The molecule has 9 nitrogen and oxygen atoms in total. The molecule has 10 heteroatoms. The van der Waals surface area contributed by atoms with Crippen molar-refractivity contribution in [3.8, 4) is 22.8 Å². The second kappa shape index (κ2) is 8.44. The number of hydroxylamine groups is 1. The number of phenols is 2. The number of likely N-dealkylation sites (tertiary alicyclic amines) is 1. The van der Waals surface area contributed by atoms with Crippen LogP contribution < -0.4 is 10.9 Å². The normalized spacial score (nSPS) is 18.9. The third-order valence-corrected chi connectivity index (χ3v) is 6.30. The van der Waals surface area contributed by atoms with Crippen LogP contribution >= 0.6 is 11.6 Å². The summed E-state index contributed by atoms with van der Waals surface area (Å²) in [5.41, 5.74) is 1.53. The van der Waals surface area contributed by atoms with Gasteiger partial charge in [-0.15, -0.1) is 0 Å². The minimum atomic E-state index is -0.776. The molecule has 1 saturated heterocycles. The molecule has 0 spiro atoms. The minimum absolute atomic E-state index is 0.0123. The van der Waals surface area contributed by atoms with E-state index in [1.807, 2.05) is 11.9 Å². The molecule has 1 aromatic heterocycles. The van der Waals surface area contributed by atoms with E-state index >= 15 is 0 Å². The first-order valence-electron chi connectivity index (χ1n) is 9.85. The number of halogens is 1. The lowest BCUT2D eigenvalue weighted by Gasteiger charge is -2.24. The van der Waals surface area contributed by atoms with Crippen LogP contribution in [0.5, 0.6) is 11.5 Å². The van der Waals surface area contributed by atoms with Gasteiger partial charge in [-0.2, -0.15) is 0 Å². The van der Waals surface area contributed by atoms with Gasteiger partial charge in [-0.3, -0.25) is 14.8 Å². The lowest BCUT2D eigenvalue weighted by Crippen LogP contribution is -2.32. The Balaban J connectivity index is 2.00. The van der Waals surface area contributed by atoms with Crippen molar-refractivity contribution < 1.29 is 29.7 Å². The SMILES string of the molecule is CN1CC[C@@H](c2c(O)cc(O)c3c(=O)cc(-c4cc(C(=O)NO)ccc4Cl)oc23)[C@@H]1CO. The first-order valence-corrected chi connectivity index (χ1v) is 10.2. The first kappa shape index (κ1) is 22.1. The highest BCUT2D eigenvalue weighted by molar-refractivity contribution is 6.33. The highest BCUT2D eigenvalue weighted by atomic mass is 35.5. The summed E-state index contributed by atoms with van der Waals surface area (Å²) in [7, 11) is 1.85. The van der Waals surface area contributed by atoms with Crippen LogP contribution in [-0.2, 0) is 0 Å². The molecule has 0 aliphatic carbocycles. The Morgan fingerprint density at radius 1 is 1.25 bits per heavy atom. The molecule has 1 amide bonds. The van der Waals surface area contributed by atoms with Crippen LogP contribution in [0, 0.1) is 0 Å². The summed E-state index contributed by atoms with van der Waals surface area (Å²) in [5, 5.41) is 39.9. The van der Waals surface area contributed by atoms with E-state index in [4.69, 9.17) is 21.2 Å². The van der Waals surface area contributed by atoms with Crippen LogP contribution in [0.3, 0.4) is 0 Å². The van der Waals surface area contributed by atoms with E-state index in [0.29, 0.717) is 18.5 Å². The summed E-state index contributed by atoms with van der Waals surface area (Å²) >= 11 is 6.28. The van der Waals surface area contributed by atoms with Gasteiger partial charge in [-0.1, -0.05) is 11.6 Å². The molecule has 1 aliphatic rings. The highest BCUT2D eigenvalue weighted by Crippen LogP contribution is 2.44. The maximum absolute atomic E-state index is 12.9. The lowest BCUT2D eigenvalue weighted by atomic mass is 9.89. The largest absolute Gasteiger partial charge is 0.507 e. The fraction of sp³-hybridized carbons (Fsp3) is 0.273. The number of hydrogen-bond donors (Lipinski definition) is 5. The number of amides is 1. The minimum Gasteiger partial charge on any atom is -0.507 e. The molecule has 2 atom stereocenters. The number of carbonyl (C=O) groups is 1. The van der Waals surface area contributed by atoms with Gasteiger partial charge in [0.1, 0.15) is 28.2 Å². The molecule has 2 aromatic carbocycles. The van der Waals surface area contributed by atoms with Crippen molar-refractivity contribution in [2.45, 2.75) is 18.4 Å². The Kier molecular flexibility index (Phi) is 5.83. The standard InChI is InChI=1S/C22H21ClN2O7/c1-25-5-4-11(14(25)9-26)19-15(27)7-16(28)20-17(29)8-18(32-21(19)20)12-6-10(22(30)24-31)2-3-13(12)23/h2-3,6-8,11,14,26-28,31H,4-5,9H2,1H3,(H,24,30)/t11-,14+/m1/s1. The van der Waals surface area contributed by atoms with Crippen LogP contribution in [0.4, 0.5) is 0 Å². The van der Waals surface area contributed by atoms with Crippen LogP contribution in [-0.4, -0.2) is 57.6 Å². The fourth-order valence-corrected chi connectivity index (χ4v) is 4.55. The molecule has 0 radical (unpaired) electrons. The Morgan fingerprint density at radius 3 is 2.69 bits per heavy atom.